The number of piperidine rings is 1. The Hall–Kier alpha value is -0.770. The van der Waals surface area contributed by atoms with E-state index in [0.717, 1.165) is 32.2 Å². The van der Waals surface area contributed by atoms with Crippen LogP contribution in [-0.2, 0) is 4.74 Å². The molecule has 0 aromatic rings. The van der Waals surface area contributed by atoms with Gasteiger partial charge in [0.15, 0.2) is 0 Å². The molecule has 5 nitrogen and oxygen atoms in total. The molecule has 15 heavy (non-hydrogen) atoms. The van der Waals surface area contributed by atoms with Crippen LogP contribution in [0.15, 0.2) is 5.11 Å². The van der Waals surface area contributed by atoms with Crippen LogP contribution in [0, 0.1) is 5.92 Å². The van der Waals surface area contributed by atoms with Crippen LogP contribution in [-0.4, -0.2) is 44.8 Å². The molecule has 1 heterocycles. The standard InChI is InChI=1S/C10H20N4O/c1-15-9-4-10-2-6-14(7-3-10)8-5-12-13-11/h10H,2-9H2,1H3. The first-order chi connectivity index (χ1) is 7.36. The largest absolute Gasteiger partial charge is 0.385 e. The maximum Gasteiger partial charge on any atom is 0.0464 e. The molecule has 0 atom stereocenters. The van der Waals surface area contributed by atoms with Crippen molar-refractivity contribution in [1.82, 2.24) is 4.90 Å². The van der Waals surface area contributed by atoms with Gasteiger partial charge < -0.3 is 9.64 Å². The van der Waals surface area contributed by atoms with Crippen molar-refractivity contribution in [3.8, 4) is 0 Å². The van der Waals surface area contributed by atoms with Gasteiger partial charge in [0, 0.05) is 31.7 Å². The van der Waals surface area contributed by atoms with Gasteiger partial charge >= 0.3 is 0 Å². The lowest BCUT2D eigenvalue weighted by Gasteiger charge is -2.31. The third kappa shape index (κ3) is 5.02. The summed E-state index contributed by atoms with van der Waals surface area (Å²) in [6.45, 7) is 4.65. The topological polar surface area (TPSA) is 61.2 Å². The number of likely N-dealkylation sites (tertiary alicyclic amines) is 1. The predicted molar refractivity (Wildman–Crippen MR) is 59.7 cm³/mol. The summed E-state index contributed by atoms with van der Waals surface area (Å²) in [4.78, 5) is 5.13. The Morgan fingerprint density at radius 1 is 1.47 bits per heavy atom. The van der Waals surface area contributed by atoms with Crippen molar-refractivity contribution < 1.29 is 4.74 Å². The average molecular weight is 212 g/mol. The van der Waals surface area contributed by atoms with Crippen LogP contribution in [0.2, 0.25) is 0 Å². The lowest BCUT2D eigenvalue weighted by Crippen LogP contribution is -2.35. The number of rotatable bonds is 6. The van der Waals surface area contributed by atoms with E-state index in [1.807, 2.05) is 0 Å². The highest BCUT2D eigenvalue weighted by Crippen LogP contribution is 2.19. The van der Waals surface area contributed by atoms with Gasteiger partial charge in [-0.15, -0.1) is 0 Å². The van der Waals surface area contributed by atoms with Gasteiger partial charge in [0.05, 0.1) is 0 Å². The fourth-order valence-electron chi connectivity index (χ4n) is 2.01. The summed E-state index contributed by atoms with van der Waals surface area (Å²) >= 11 is 0. The zero-order valence-electron chi connectivity index (χ0n) is 9.43. The molecule has 0 aliphatic carbocycles. The van der Waals surface area contributed by atoms with E-state index in [-0.39, 0.29) is 0 Å². The van der Waals surface area contributed by atoms with Crippen LogP contribution in [0.5, 0.6) is 0 Å². The van der Waals surface area contributed by atoms with Gasteiger partial charge in [-0.2, -0.15) is 0 Å². The van der Waals surface area contributed by atoms with Crippen LogP contribution < -0.4 is 0 Å². The number of ether oxygens (including phenoxy) is 1. The summed E-state index contributed by atoms with van der Waals surface area (Å²) in [5.41, 5.74) is 8.16. The second-order valence-electron chi connectivity index (χ2n) is 4.02. The molecule has 1 saturated heterocycles. The van der Waals surface area contributed by atoms with Gasteiger partial charge in [-0.1, -0.05) is 5.11 Å². The highest BCUT2D eigenvalue weighted by molar-refractivity contribution is 4.72. The fraction of sp³-hybridized carbons (Fsp3) is 1.00. The molecule has 86 valence electrons. The van der Waals surface area contributed by atoms with E-state index in [1.54, 1.807) is 7.11 Å². The van der Waals surface area contributed by atoms with E-state index in [0.29, 0.717) is 6.54 Å². The van der Waals surface area contributed by atoms with Crippen molar-refractivity contribution in [3.63, 3.8) is 0 Å². The van der Waals surface area contributed by atoms with Crippen LogP contribution in [0.25, 0.3) is 10.4 Å². The number of hydrogen-bond acceptors (Lipinski definition) is 3. The molecule has 0 aromatic carbocycles. The second-order valence-corrected chi connectivity index (χ2v) is 4.02. The van der Waals surface area contributed by atoms with E-state index in [2.05, 4.69) is 14.9 Å². The van der Waals surface area contributed by atoms with Gasteiger partial charge in [-0.25, -0.2) is 0 Å². The third-order valence-electron chi connectivity index (χ3n) is 3.02. The molecule has 0 aromatic heterocycles. The molecule has 1 aliphatic heterocycles. The first kappa shape index (κ1) is 12.3. The molecule has 0 spiro atoms. The Labute approximate surface area is 91.0 Å². The van der Waals surface area contributed by atoms with Crippen molar-refractivity contribution in [2.24, 2.45) is 11.0 Å². The fourth-order valence-corrected chi connectivity index (χ4v) is 2.01. The zero-order valence-corrected chi connectivity index (χ0v) is 9.43. The minimum absolute atomic E-state index is 0.596. The van der Waals surface area contributed by atoms with Crippen molar-refractivity contribution in [3.05, 3.63) is 10.4 Å². The highest BCUT2D eigenvalue weighted by Gasteiger charge is 2.17. The Morgan fingerprint density at radius 2 is 2.20 bits per heavy atom. The molecule has 1 aliphatic rings. The van der Waals surface area contributed by atoms with E-state index >= 15 is 0 Å². The Morgan fingerprint density at radius 3 is 2.80 bits per heavy atom. The van der Waals surface area contributed by atoms with Crippen molar-refractivity contribution >= 4 is 0 Å². The maximum absolute atomic E-state index is 8.16. The van der Waals surface area contributed by atoms with Crippen LogP contribution >= 0.6 is 0 Å². The molecule has 1 rings (SSSR count). The molecule has 0 amide bonds. The molecular formula is C10H20N4O. The van der Waals surface area contributed by atoms with Gasteiger partial charge in [-0.3, -0.25) is 0 Å². The minimum Gasteiger partial charge on any atom is -0.385 e. The Bertz CT molecular complexity index is 207. The number of hydrogen-bond donors (Lipinski definition) is 0. The summed E-state index contributed by atoms with van der Waals surface area (Å²) in [7, 11) is 1.76. The number of methoxy groups -OCH3 is 1. The predicted octanol–water partition coefficient (Wildman–Crippen LogP) is 2.05. The van der Waals surface area contributed by atoms with Gasteiger partial charge in [0.2, 0.25) is 0 Å². The molecule has 5 heteroatoms. The summed E-state index contributed by atoms with van der Waals surface area (Å²) in [6, 6.07) is 0. The molecular weight excluding hydrogens is 192 g/mol. The van der Waals surface area contributed by atoms with E-state index in [1.165, 1.54) is 19.3 Å². The van der Waals surface area contributed by atoms with E-state index in [4.69, 9.17) is 10.3 Å². The summed E-state index contributed by atoms with van der Waals surface area (Å²) < 4.78 is 5.08. The number of azide groups is 1. The van der Waals surface area contributed by atoms with Crippen LogP contribution in [0.1, 0.15) is 19.3 Å². The molecule has 1 fully saturated rings. The second kappa shape index (κ2) is 7.51. The van der Waals surface area contributed by atoms with Crippen molar-refractivity contribution in [2.45, 2.75) is 19.3 Å². The molecule has 0 saturated carbocycles. The summed E-state index contributed by atoms with van der Waals surface area (Å²) in [6.07, 6.45) is 3.68. The lowest BCUT2D eigenvalue weighted by molar-refractivity contribution is 0.137. The maximum atomic E-state index is 8.16. The highest BCUT2D eigenvalue weighted by atomic mass is 16.5. The quantitative estimate of drug-likeness (QED) is 0.384. The molecule has 0 unspecified atom stereocenters. The first-order valence-corrected chi connectivity index (χ1v) is 5.59. The van der Waals surface area contributed by atoms with Crippen LogP contribution in [0.3, 0.4) is 0 Å². The van der Waals surface area contributed by atoms with Crippen molar-refractivity contribution in [1.29, 1.82) is 0 Å². The molecule has 0 radical (unpaired) electrons. The van der Waals surface area contributed by atoms with Gasteiger partial charge in [0.25, 0.3) is 0 Å². The molecule has 0 bridgehead atoms. The van der Waals surface area contributed by atoms with Gasteiger partial charge in [0.1, 0.15) is 0 Å². The monoisotopic (exact) mass is 212 g/mol. The van der Waals surface area contributed by atoms with E-state index in [9.17, 15) is 0 Å². The lowest BCUT2D eigenvalue weighted by atomic mass is 9.94. The number of nitrogens with zero attached hydrogens (tertiary/aromatic N) is 4. The smallest absolute Gasteiger partial charge is 0.0464 e. The normalized spacial score (nSPS) is 18.7. The minimum atomic E-state index is 0.596. The Balaban J connectivity index is 2.09. The van der Waals surface area contributed by atoms with Crippen molar-refractivity contribution in [2.75, 3.05) is 39.9 Å². The zero-order chi connectivity index (χ0) is 10.9. The van der Waals surface area contributed by atoms with E-state index < -0.39 is 0 Å². The van der Waals surface area contributed by atoms with Crippen LogP contribution in [0.4, 0.5) is 0 Å². The third-order valence-corrected chi connectivity index (χ3v) is 3.02. The molecule has 0 N–H and O–H groups in total. The Kier molecular flexibility index (Phi) is 6.16. The summed E-state index contributed by atoms with van der Waals surface area (Å²) in [5.74, 6) is 0.820. The average Bonchev–Trinajstić information content (AvgIpc) is 2.28. The summed E-state index contributed by atoms with van der Waals surface area (Å²) in [5, 5.41) is 3.55. The first-order valence-electron chi connectivity index (χ1n) is 5.59. The van der Waals surface area contributed by atoms with Gasteiger partial charge in [-0.05, 0) is 43.8 Å². The SMILES string of the molecule is COCCC1CCN(CCN=[N+]=[N-])CC1.